The van der Waals surface area contributed by atoms with Gasteiger partial charge in [-0.2, -0.15) is 0 Å². The van der Waals surface area contributed by atoms with Crippen molar-refractivity contribution in [1.29, 1.82) is 0 Å². The molecule has 0 heterocycles. The molecule has 150 valence electrons. The fourth-order valence-corrected chi connectivity index (χ4v) is 3.68. The molecule has 2 rings (SSSR count). The number of aliphatic hydroxyl groups is 1. The van der Waals surface area contributed by atoms with Crippen molar-refractivity contribution in [3.63, 3.8) is 0 Å². The molecule has 7 nitrogen and oxygen atoms in total. The average Bonchev–Trinajstić information content (AvgIpc) is 2.69. The lowest BCUT2D eigenvalue weighted by molar-refractivity contribution is -0.162. The summed E-state index contributed by atoms with van der Waals surface area (Å²) < 4.78 is 10.4. The maximum absolute atomic E-state index is 12.8. The lowest BCUT2D eigenvalue weighted by Crippen LogP contribution is -2.55. The van der Waals surface area contributed by atoms with Gasteiger partial charge in [0, 0.05) is 12.3 Å². The highest BCUT2D eigenvalue weighted by Crippen LogP contribution is 2.47. The molecule has 7 heteroatoms. The number of carbonyl (C=O) groups excluding carboxylic acids is 2. The van der Waals surface area contributed by atoms with Gasteiger partial charge in [0.05, 0.1) is 17.2 Å². The first-order chi connectivity index (χ1) is 13.4. The second-order valence-electron chi connectivity index (χ2n) is 6.85. The molecule has 2 N–H and O–H groups in total. The van der Waals surface area contributed by atoms with Gasteiger partial charge < -0.3 is 19.8 Å². The first-order valence-corrected chi connectivity index (χ1v) is 8.90. The molecule has 1 aromatic carbocycles. The van der Waals surface area contributed by atoms with Crippen molar-refractivity contribution in [2.45, 2.75) is 24.9 Å². The Labute approximate surface area is 164 Å². The van der Waals surface area contributed by atoms with Crippen LogP contribution in [0.1, 0.15) is 24.8 Å². The molecule has 0 radical (unpaired) electrons. The number of rotatable bonds is 7. The third-order valence-electron chi connectivity index (χ3n) is 4.79. The number of esters is 2. The molecule has 1 aliphatic rings. The molecule has 1 aromatic rings. The molecule has 28 heavy (non-hydrogen) atoms. The van der Waals surface area contributed by atoms with E-state index >= 15 is 0 Å². The summed E-state index contributed by atoms with van der Waals surface area (Å²) >= 11 is 0. The second-order valence-corrected chi connectivity index (χ2v) is 6.85. The van der Waals surface area contributed by atoms with Crippen LogP contribution in [0.5, 0.6) is 0 Å². The minimum absolute atomic E-state index is 0.0283. The van der Waals surface area contributed by atoms with Gasteiger partial charge in [-0.15, -0.1) is 0 Å². The van der Waals surface area contributed by atoms with Gasteiger partial charge in [0.1, 0.15) is 19.1 Å². The molecular formula is C21H25NO6. The summed E-state index contributed by atoms with van der Waals surface area (Å²) in [4.78, 5) is 25.6. The van der Waals surface area contributed by atoms with Gasteiger partial charge >= 0.3 is 11.9 Å². The van der Waals surface area contributed by atoms with E-state index in [-0.39, 0.29) is 25.3 Å². The van der Waals surface area contributed by atoms with E-state index in [1.165, 1.54) is 19.1 Å². The van der Waals surface area contributed by atoms with Crippen LogP contribution in [0.4, 0.5) is 0 Å². The minimum Gasteiger partial charge on any atom is -0.461 e. The van der Waals surface area contributed by atoms with Gasteiger partial charge in [0.2, 0.25) is 0 Å². The lowest BCUT2D eigenvalue weighted by Gasteiger charge is -2.44. The van der Waals surface area contributed by atoms with E-state index in [1.54, 1.807) is 30.3 Å². The average molecular weight is 387 g/mol. The summed E-state index contributed by atoms with van der Waals surface area (Å²) in [5.74, 6) is -4.32. The number of carbonyl (C=O) groups is 2. The summed E-state index contributed by atoms with van der Waals surface area (Å²) in [5, 5.41) is 23.8. The van der Waals surface area contributed by atoms with Crippen molar-refractivity contribution in [3.8, 4) is 0 Å². The number of hydrogen-bond acceptors (Lipinski definition) is 7. The zero-order valence-corrected chi connectivity index (χ0v) is 15.8. The van der Waals surface area contributed by atoms with Gasteiger partial charge in [-0.25, -0.2) is 0 Å². The molecule has 0 aliphatic heterocycles. The Balaban J connectivity index is 2.59. The topological polar surface area (TPSA) is 105 Å². The highest BCUT2D eigenvalue weighted by molar-refractivity contribution is 6.05. The van der Waals surface area contributed by atoms with E-state index < -0.39 is 35.3 Å². The van der Waals surface area contributed by atoms with Gasteiger partial charge in [-0.05, 0) is 12.5 Å². The molecule has 4 atom stereocenters. The second kappa shape index (κ2) is 9.32. The fraction of sp³-hybridized carbons (Fsp3) is 0.381. The Morgan fingerprint density at radius 1 is 1.18 bits per heavy atom. The molecule has 0 bridgehead atoms. The van der Waals surface area contributed by atoms with Crippen LogP contribution in [0, 0.1) is 11.8 Å². The maximum Gasteiger partial charge on any atom is 0.315 e. The van der Waals surface area contributed by atoms with Crippen molar-refractivity contribution in [2.24, 2.45) is 17.0 Å². The SMILES string of the molecule is C=CCOC(=O)[C@@H]1/C(=N/O)C[C@@](C)(O)[C@@H](C(=O)OCC=C)[C@H]1c1ccccc1. The monoisotopic (exact) mass is 387 g/mol. The maximum atomic E-state index is 12.8. The third kappa shape index (κ3) is 4.48. The predicted molar refractivity (Wildman–Crippen MR) is 103 cm³/mol. The van der Waals surface area contributed by atoms with Crippen LogP contribution >= 0.6 is 0 Å². The first-order valence-electron chi connectivity index (χ1n) is 8.90. The van der Waals surface area contributed by atoms with Gasteiger partial charge in [0.15, 0.2) is 0 Å². The van der Waals surface area contributed by atoms with Crippen molar-refractivity contribution >= 4 is 17.7 Å². The largest absolute Gasteiger partial charge is 0.461 e. The van der Waals surface area contributed by atoms with Crippen LogP contribution in [-0.4, -0.2) is 46.8 Å². The Morgan fingerprint density at radius 3 is 2.29 bits per heavy atom. The molecule has 1 saturated carbocycles. The van der Waals surface area contributed by atoms with Gasteiger partial charge in [0.25, 0.3) is 0 Å². The summed E-state index contributed by atoms with van der Waals surface area (Å²) in [6, 6.07) is 8.78. The Kier molecular flexibility index (Phi) is 7.12. The smallest absolute Gasteiger partial charge is 0.315 e. The first kappa shape index (κ1) is 21.4. The quantitative estimate of drug-likeness (QED) is 0.322. The zero-order valence-electron chi connectivity index (χ0n) is 15.8. The molecule has 1 fully saturated rings. The Bertz CT molecular complexity index is 755. The highest BCUT2D eigenvalue weighted by atomic mass is 16.5. The van der Waals surface area contributed by atoms with Gasteiger partial charge in [-0.3, -0.25) is 9.59 Å². The molecule has 1 aliphatic carbocycles. The highest BCUT2D eigenvalue weighted by Gasteiger charge is 2.56. The standard InChI is InChI=1S/C21H25NO6/c1-4-11-27-19(23)17-15(22-26)13-21(3,25)18(20(24)28-12-5-2)16(17)14-9-7-6-8-10-14/h4-10,16-18,25-26H,1-2,11-13H2,3H3/b22-15+/t16-,17+,18+,21+/m0/s1. The van der Waals surface area contributed by atoms with Crippen molar-refractivity contribution in [2.75, 3.05) is 13.2 Å². The lowest BCUT2D eigenvalue weighted by atomic mass is 9.61. The van der Waals surface area contributed by atoms with E-state index in [1.807, 2.05) is 0 Å². The number of hydrogen-bond donors (Lipinski definition) is 2. The summed E-state index contributed by atoms with van der Waals surface area (Å²) in [7, 11) is 0. The summed E-state index contributed by atoms with van der Waals surface area (Å²) in [6.07, 6.45) is 2.65. The van der Waals surface area contributed by atoms with Gasteiger partial charge in [-0.1, -0.05) is 60.8 Å². The molecule has 0 saturated heterocycles. The molecule has 0 spiro atoms. The van der Waals surface area contributed by atoms with Crippen LogP contribution in [-0.2, 0) is 19.1 Å². The number of benzene rings is 1. The van der Waals surface area contributed by atoms with Crippen molar-refractivity contribution < 1.29 is 29.4 Å². The van der Waals surface area contributed by atoms with E-state index in [0.29, 0.717) is 5.56 Å². The molecule has 0 unspecified atom stereocenters. The minimum atomic E-state index is -1.60. The number of oxime groups is 1. The van der Waals surface area contributed by atoms with Crippen LogP contribution < -0.4 is 0 Å². The molecule has 0 amide bonds. The van der Waals surface area contributed by atoms with Crippen LogP contribution in [0.2, 0.25) is 0 Å². The van der Waals surface area contributed by atoms with Crippen LogP contribution in [0.25, 0.3) is 0 Å². The van der Waals surface area contributed by atoms with Crippen LogP contribution in [0.3, 0.4) is 0 Å². The number of nitrogens with zero attached hydrogens (tertiary/aromatic N) is 1. The zero-order chi connectivity index (χ0) is 20.7. The van der Waals surface area contributed by atoms with E-state index in [2.05, 4.69) is 18.3 Å². The van der Waals surface area contributed by atoms with E-state index in [9.17, 15) is 19.9 Å². The van der Waals surface area contributed by atoms with Crippen molar-refractivity contribution in [1.82, 2.24) is 0 Å². The normalized spacial score (nSPS) is 28.4. The predicted octanol–water partition coefficient (Wildman–Crippen LogP) is 2.45. The fourth-order valence-electron chi connectivity index (χ4n) is 3.68. The molecular weight excluding hydrogens is 362 g/mol. The molecule has 0 aromatic heterocycles. The Morgan fingerprint density at radius 2 is 1.75 bits per heavy atom. The third-order valence-corrected chi connectivity index (χ3v) is 4.79. The van der Waals surface area contributed by atoms with E-state index in [4.69, 9.17) is 9.47 Å². The van der Waals surface area contributed by atoms with Crippen LogP contribution in [0.15, 0.2) is 60.8 Å². The van der Waals surface area contributed by atoms with Crippen molar-refractivity contribution in [3.05, 3.63) is 61.2 Å². The summed E-state index contributed by atoms with van der Waals surface area (Å²) in [6.45, 7) is 8.43. The summed E-state index contributed by atoms with van der Waals surface area (Å²) in [5.41, 5.74) is -0.944. The Hall–Kier alpha value is -2.93. The number of ether oxygens (including phenoxy) is 2. The van der Waals surface area contributed by atoms with E-state index in [0.717, 1.165) is 0 Å².